The van der Waals surface area contributed by atoms with Gasteiger partial charge in [-0.2, -0.15) is 0 Å². The summed E-state index contributed by atoms with van der Waals surface area (Å²) in [6, 6.07) is 14.0. The number of nitrogens with zero attached hydrogens (tertiary/aromatic N) is 2. The number of benzene rings is 2. The van der Waals surface area contributed by atoms with E-state index in [0.29, 0.717) is 11.6 Å². The summed E-state index contributed by atoms with van der Waals surface area (Å²) >= 11 is 0. The molecule has 0 aromatic heterocycles. The highest BCUT2D eigenvalue weighted by molar-refractivity contribution is 5.98. The van der Waals surface area contributed by atoms with E-state index in [0.717, 1.165) is 54.9 Å². The summed E-state index contributed by atoms with van der Waals surface area (Å²) in [6.07, 6.45) is 3.42. The lowest BCUT2D eigenvalue weighted by molar-refractivity contribution is 0.0600. The van der Waals surface area contributed by atoms with E-state index in [1.165, 1.54) is 20.0 Å². The summed E-state index contributed by atoms with van der Waals surface area (Å²) < 4.78 is 4.76. The molecule has 0 unspecified atom stereocenters. The third kappa shape index (κ3) is 4.06. The molecule has 1 saturated heterocycles. The number of esters is 1. The van der Waals surface area contributed by atoms with Gasteiger partial charge in [0.15, 0.2) is 0 Å². The highest BCUT2D eigenvalue weighted by Gasteiger charge is 2.26. The average Bonchev–Trinajstić information content (AvgIpc) is 3.17. The summed E-state index contributed by atoms with van der Waals surface area (Å²) in [4.78, 5) is 29.2. The molecule has 0 N–H and O–H groups in total. The molecule has 2 heterocycles. The third-order valence-electron chi connectivity index (χ3n) is 6.27. The lowest BCUT2D eigenvalue weighted by Gasteiger charge is -2.31. The smallest absolute Gasteiger partial charge is 0.337 e. The minimum absolute atomic E-state index is 0.131. The van der Waals surface area contributed by atoms with Gasteiger partial charge in [0.25, 0.3) is 5.91 Å². The van der Waals surface area contributed by atoms with Crippen molar-refractivity contribution in [2.24, 2.45) is 0 Å². The molecule has 0 radical (unpaired) electrons. The van der Waals surface area contributed by atoms with Crippen LogP contribution in [0.5, 0.6) is 0 Å². The monoisotopic (exact) mass is 392 g/mol. The van der Waals surface area contributed by atoms with Crippen molar-refractivity contribution in [1.29, 1.82) is 0 Å². The van der Waals surface area contributed by atoms with Gasteiger partial charge in [-0.25, -0.2) is 4.79 Å². The van der Waals surface area contributed by atoms with Gasteiger partial charge in [0.05, 0.1) is 12.7 Å². The fourth-order valence-electron chi connectivity index (χ4n) is 4.40. The summed E-state index contributed by atoms with van der Waals surface area (Å²) in [5.41, 5.74) is 4.42. The number of hydrogen-bond donors (Lipinski definition) is 0. The predicted molar refractivity (Wildman–Crippen MR) is 113 cm³/mol. The molecule has 29 heavy (non-hydrogen) atoms. The van der Waals surface area contributed by atoms with Crippen LogP contribution in [0.1, 0.15) is 46.0 Å². The van der Waals surface area contributed by atoms with E-state index in [4.69, 9.17) is 4.74 Å². The van der Waals surface area contributed by atoms with Crippen molar-refractivity contribution < 1.29 is 14.3 Å². The van der Waals surface area contributed by atoms with E-state index in [9.17, 15) is 9.59 Å². The number of likely N-dealkylation sites (tertiary alicyclic amines) is 1. The van der Waals surface area contributed by atoms with E-state index < -0.39 is 0 Å². The maximum atomic E-state index is 13.1. The Balaban J connectivity index is 1.50. The van der Waals surface area contributed by atoms with Crippen molar-refractivity contribution in [1.82, 2.24) is 9.80 Å². The standard InChI is InChI=1S/C24H28N2O3/c1-17-4-3-12-25(17)14-15-26-13-11-19-7-10-21(16-22(19)23(26)27)18-5-8-20(9-6-18)24(28)29-2/h5-10,16-17H,3-4,11-15H2,1-2H3/t17-/m1/s1. The van der Waals surface area contributed by atoms with Crippen LogP contribution in [0.15, 0.2) is 42.5 Å². The number of hydrogen-bond acceptors (Lipinski definition) is 4. The van der Waals surface area contributed by atoms with Crippen LogP contribution in [-0.2, 0) is 11.2 Å². The fourth-order valence-corrected chi connectivity index (χ4v) is 4.40. The van der Waals surface area contributed by atoms with Gasteiger partial charge in [-0.05, 0) is 67.6 Å². The normalized spacial score (nSPS) is 19.3. The summed E-state index contributed by atoms with van der Waals surface area (Å²) in [5.74, 6) is -0.216. The molecule has 0 bridgehead atoms. The molecule has 2 aliphatic rings. The Morgan fingerprint density at radius 2 is 1.83 bits per heavy atom. The first-order valence-electron chi connectivity index (χ1n) is 10.4. The first-order valence-corrected chi connectivity index (χ1v) is 10.4. The molecule has 5 nitrogen and oxygen atoms in total. The molecule has 2 aromatic carbocycles. The molecule has 152 valence electrons. The molecular weight excluding hydrogens is 364 g/mol. The van der Waals surface area contributed by atoms with E-state index in [1.54, 1.807) is 12.1 Å². The molecule has 0 aliphatic carbocycles. The van der Waals surface area contributed by atoms with Crippen LogP contribution in [0, 0.1) is 0 Å². The second-order valence-electron chi connectivity index (χ2n) is 8.01. The molecule has 2 aromatic rings. The Morgan fingerprint density at radius 1 is 1.07 bits per heavy atom. The molecular formula is C24H28N2O3. The van der Waals surface area contributed by atoms with Crippen molar-refractivity contribution in [2.45, 2.75) is 32.2 Å². The van der Waals surface area contributed by atoms with Gasteiger partial charge in [-0.15, -0.1) is 0 Å². The van der Waals surface area contributed by atoms with Gasteiger partial charge in [0.1, 0.15) is 0 Å². The Kier molecular flexibility index (Phi) is 5.67. The Labute approximate surface area is 172 Å². The zero-order chi connectivity index (χ0) is 20.4. The summed E-state index contributed by atoms with van der Waals surface area (Å²) in [7, 11) is 1.38. The zero-order valence-corrected chi connectivity index (χ0v) is 17.2. The van der Waals surface area contributed by atoms with E-state index in [-0.39, 0.29) is 11.9 Å². The van der Waals surface area contributed by atoms with Gasteiger partial charge in [-0.3, -0.25) is 9.69 Å². The summed E-state index contributed by atoms with van der Waals surface area (Å²) in [6.45, 7) is 5.96. The molecule has 1 amide bonds. The second-order valence-corrected chi connectivity index (χ2v) is 8.01. The van der Waals surface area contributed by atoms with Crippen LogP contribution < -0.4 is 0 Å². The predicted octanol–water partition coefficient (Wildman–Crippen LogP) is 3.62. The van der Waals surface area contributed by atoms with Crippen LogP contribution in [0.25, 0.3) is 11.1 Å². The molecule has 1 atom stereocenters. The highest BCUT2D eigenvalue weighted by Crippen LogP contribution is 2.27. The Morgan fingerprint density at radius 3 is 2.52 bits per heavy atom. The second kappa shape index (κ2) is 8.37. The van der Waals surface area contributed by atoms with Crippen LogP contribution >= 0.6 is 0 Å². The van der Waals surface area contributed by atoms with Gasteiger partial charge in [0, 0.05) is 31.2 Å². The lowest BCUT2D eigenvalue weighted by Crippen LogP contribution is -2.43. The Hall–Kier alpha value is -2.66. The number of amides is 1. The van der Waals surface area contributed by atoms with Crippen molar-refractivity contribution >= 4 is 11.9 Å². The number of carbonyl (C=O) groups is 2. The van der Waals surface area contributed by atoms with Crippen molar-refractivity contribution in [3.8, 4) is 11.1 Å². The SMILES string of the molecule is COC(=O)c1ccc(-c2ccc3c(c2)C(=O)N(CCN2CCC[C@H]2C)CC3)cc1. The van der Waals surface area contributed by atoms with Crippen LogP contribution in [0.2, 0.25) is 0 Å². The lowest BCUT2D eigenvalue weighted by atomic mass is 9.94. The number of ether oxygens (including phenoxy) is 1. The van der Waals surface area contributed by atoms with E-state index >= 15 is 0 Å². The van der Waals surface area contributed by atoms with E-state index in [2.05, 4.69) is 24.0 Å². The third-order valence-corrected chi connectivity index (χ3v) is 6.27. The first kappa shape index (κ1) is 19.6. The quantitative estimate of drug-likeness (QED) is 0.730. The average molecular weight is 392 g/mol. The Bertz CT molecular complexity index is 907. The fraction of sp³-hybridized carbons (Fsp3) is 0.417. The molecule has 0 spiro atoms. The first-order chi connectivity index (χ1) is 14.1. The van der Waals surface area contributed by atoms with Crippen molar-refractivity contribution in [3.05, 3.63) is 59.2 Å². The van der Waals surface area contributed by atoms with Gasteiger partial charge < -0.3 is 9.64 Å². The minimum atomic E-state index is -0.347. The topological polar surface area (TPSA) is 49.9 Å². The van der Waals surface area contributed by atoms with Gasteiger partial charge in [-0.1, -0.05) is 24.3 Å². The van der Waals surface area contributed by atoms with Gasteiger partial charge >= 0.3 is 5.97 Å². The van der Waals surface area contributed by atoms with E-state index in [1.807, 2.05) is 23.1 Å². The van der Waals surface area contributed by atoms with Crippen molar-refractivity contribution in [3.63, 3.8) is 0 Å². The van der Waals surface area contributed by atoms with Crippen LogP contribution in [0.4, 0.5) is 0 Å². The molecule has 1 fully saturated rings. The largest absolute Gasteiger partial charge is 0.465 e. The highest BCUT2D eigenvalue weighted by atomic mass is 16.5. The maximum Gasteiger partial charge on any atom is 0.337 e. The number of fused-ring (bicyclic) bond motifs is 1. The molecule has 5 heteroatoms. The molecule has 4 rings (SSSR count). The zero-order valence-electron chi connectivity index (χ0n) is 17.2. The number of carbonyl (C=O) groups excluding carboxylic acids is 2. The molecule has 0 saturated carbocycles. The van der Waals surface area contributed by atoms with Crippen molar-refractivity contribution in [2.75, 3.05) is 33.3 Å². The van der Waals surface area contributed by atoms with Gasteiger partial charge in [0.2, 0.25) is 0 Å². The minimum Gasteiger partial charge on any atom is -0.465 e. The summed E-state index contributed by atoms with van der Waals surface area (Å²) in [5, 5.41) is 0. The maximum absolute atomic E-state index is 13.1. The molecule has 2 aliphatic heterocycles. The number of rotatable bonds is 5. The number of methoxy groups -OCH3 is 1. The van der Waals surface area contributed by atoms with Crippen LogP contribution in [0.3, 0.4) is 0 Å². The van der Waals surface area contributed by atoms with Crippen LogP contribution in [-0.4, -0.2) is 61.0 Å².